The van der Waals surface area contributed by atoms with Gasteiger partial charge in [0, 0.05) is 5.02 Å². The zero-order valence-corrected chi connectivity index (χ0v) is 14.9. The summed E-state index contributed by atoms with van der Waals surface area (Å²) in [5.74, 6) is -0.265. The summed E-state index contributed by atoms with van der Waals surface area (Å²) in [7, 11) is 0. The lowest BCUT2D eigenvalue weighted by atomic mass is 10.1. The lowest BCUT2D eigenvalue weighted by Crippen LogP contribution is -2.28. The molecular formula is C19H16ClNO2S. The number of hydrogen-bond acceptors (Lipinski definition) is 3. The van der Waals surface area contributed by atoms with Crippen molar-refractivity contribution >= 4 is 45.8 Å². The summed E-state index contributed by atoms with van der Waals surface area (Å²) in [5, 5.41) is 0.376. The van der Waals surface area contributed by atoms with E-state index in [9.17, 15) is 9.59 Å². The van der Waals surface area contributed by atoms with Crippen molar-refractivity contribution in [3.05, 3.63) is 69.6 Å². The minimum Gasteiger partial charge on any atom is -0.268 e. The molecule has 5 heteroatoms. The summed E-state index contributed by atoms with van der Waals surface area (Å²) in [6.07, 6.45) is 0.757. The summed E-state index contributed by atoms with van der Waals surface area (Å²) in [4.78, 5) is 27.1. The van der Waals surface area contributed by atoms with Crippen LogP contribution in [-0.2, 0) is 11.2 Å². The van der Waals surface area contributed by atoms with Crippen LogP contribution in [0, 0.1) is 0 Å². The van der Waals surface area contributed by atoms with E-state index in [0.29, 0.717) is 15.6 Å². The zero-order valence-electron chi connectivity index (χ0n) is 13.4. The quantitative estimate of drug-likeness (QED) is 0.677. The SMILES string of the molecule is CCc1ccccc1N1C(=O)S/C(=C(/C)c2ccc(Cl)cc2)C1=O. The molecule has 0 aliphatic carbocycles. The first-order chi connectivity index (χ1) is 11.5. The molecule has 0 spiro atoms. The van der Waals surface area contributed by atoms with Gasteiger partial charge in [-0.2, -0.15) is 0 Å². The highest BCUT2D eigenvalue weighted by Crippen LogP contribution is 2.40. The average Bonchev–Trinajstić information content (AvgIpc) is 2.89. The van der Waals surface area contributed by atoms with Crippen LogP contribution in [-0.4, -0.2) is 11.1 Å². The Morgan fingerprint density at radius 3 is 2.42 bits per heavy atom. The number of benzene rings is 2. The molecule has 1 aliphatic heterocycles. The topological polar surface area (TPSA) is 37.4 Å². The molecule has 1 aliphatic rings. The van der Waals surface area contributed by atoms with Crippen LogP contribution in [0.3, 0.4) is 0 Å². The third-order valence-electron chi connectivity index (χ3n) is 4.00. The van der Waals surface area contributed by atoms with Crippen LogP contribution in [0.5, 0.6) is 0 Å². The summed E-state index contributed by atoms with van der Waals surface area (Å²) >= 11 is 6.90. The van der Waals surface area contributed by atoms with Crippen molar-refractivity contribution < 1.29 is 9.59 Å². The van der Waals surface area contributed by atoms with Crippen molar-refractivity contribution in [1.82, 2.24) is 0 Å². The van der Waals surface area contributed by atoms with E-state index in [1.807, 2.05) is 50.2 Å². The number of imide groups is 1. The molecule has 2 amide bonds. The number of aryl methyl sites for hydroxylation is 1. The molecule has 1 heterocycles. The van der Waals surface area contributed by atoms with E-state index in [1.165, 1.54) is 4.90 Å². The monoisotopic (exact) mass is 357 g/mol. The van der Waals surface area contributed by atoms with Crippen molar-refractivity contribution in [3.63, 3.8) is 0 Å². The number of allylic oxidation sites excluding steroid dienone is 1. The van der Waals surface area contributed by atoms with E-state index in [1.54, 1.807) is 12.1 Å². The number of amides is 2. The molecule has 0 radical (unpaired) electrons. The fraction of sp³-hybridized carbons (Fsp3) is 0.158. The first-order valence-corrected chi connectivity index (χ1v) is 8.83. The van der Waals surface area contributed by atoms with Gasteiger partial charge >= 0.3 is 0 Å². The maximum absolute atomic E-state index is 12.9. The molecule has 2 aromatic rings. The number of thioether (sulfide) groups is 1. The molecule has 0 N–H and O–H groups in total. The fourth-order valence-electron chi connectivity index (χ4n) is 2.66. The Morgan fingerprint density at radius 2 is 1.75 bits per heavy atom. The fourth-order valence-corrected chi connectivity index (χ4v) is 3.69. The van der Waals surface area contributed by atoms with Crippen LogP contribution < -0.4 is 4.90 Å². The molecule has 2 aromatic carbocycles. The third-order valence-corrected chi connectivity index (χ3v) is 5.29. The molecule has 0 unspecified atom stereocenters. The summed E-state index contributed by atoms with van der Waals surface area (Å²) in [6, 6.07) is 14.8. The second kappa shape index (κ2) is 6.83. The van der Waals surface area contributed by atoms with Crippen molar-refractivity contribution in [2.45, 2.75) is 20.3 Å². The smallest absolute Gasteiger partial charge is 0.268 e. The molecule has 0 atom stereocenters. The van der Waals surface area contributed by atoms with Gasteiger partial charge in [-0.05, 0) is 60.0 Å². The number of carbonyl (C=O) groups is 2. The molecule has 3 rings (SSSR count). The van der Waals surface area contributed by atoms with Crippen molar-refractivity contribution in [1.29, 1.82) is 0 Å². The first kappa shape index (κ1) is 16.8. The van der Waals surface area contributed by atoms with E-state index >= 15 is 0 Å². The molecule has 0 saturated carbocycles. The van der Waals surface area contributed by atoms with E-state index in [-0.39, 0.29) is 11.1 Å². The van der Waals surface area contributed by atoms with Crippen molar-refractivity contribution in [2.75, 3.05) is 4.90 Å². The minimum absolute atomic E-state index is 0.260. The average molecular weight is 358 g/mol. The lowest BCUT2D eigenvalue weighted by Gasteiger charge is -2.16. The Balaban J connectivity index is 2.03. The third kappa shape index (κ3) is 2.99. The van der Waals surface area contributed by atoms with Crippen LogP contribution in [0.25, 0.3) is 5.57 Å². The summed E-state index contributed by atoms with van der Waals surface area (Å²) < 4.78 is 0. The normalized spacial score (nSPS) is 16.7. The van der Waals surface area contributed by atoms with Gasteiger partial charge in [0.1, 0.15) is 0 Å². The van der Waals surface area contributed by atoms with Gasteiger partial charge in [0.15, 0.2) is 0 Å². The molecule has 0 bridgehead atoms. The standard InChI is InChI=1S/C19H16ClNO2S/c1-3-13-6-4-5-7-16(13)21-18(22)17(24-19(21)23)12(2)14-8-10-15(20)11-9-14/h4-11H,3H2,1-2H3/b17-12-. The highest BCUT2D eigenvalue weighted by atomic mass is 35.5. The summed E-state index contributed by atoms with van der Waals surface area (Å²) in [6.45, 7) is 3.86. The van der Waals surface area contributed by atoms with E-state index < -0.39 is 0 Å². The maximum Gasteiger partial charge on any atom is 0.298 e. The van der Waals surface area contributed by atoms with Crippen LogP contribution in [0.4, 0.5) is 10.5 Å². The van der Waals surface area contributed by atoms with Crippen LogP contribution in [0.1, 0.15) is 25.0 Å². The van der Waals surface area contributed by atoms with Gasteiger partial charge < -0.3 is 0 Å². The Hall–Kier alpha value is -2.04. The highest BCUT2D eigenvalue weighted by Gasteiger charge is 2.38. The number of carbonyl (C=O) groups excluding carboxylic acids is 2. The predicted octanol–water partition coefficient (Wildman–Crippen LogP) is 5.53. The van der Waals surface area contributed by atoms with Gasteiger partial charge in [-0.25, -0.2) is 4.90 Å². The van der Waals surface area contributed by atoms with Crippen molar-refractivity contribution in [2.24, 2.45) is 0 Å². The Bertz CT molecular complexity index is 843. The predicted molar refractivity (Wildman–Crippen MR) is 100 cm³/mol. The van der Waals surface area contributed by atoms with E-state index in [4.69, 9.17) is 11.6 Å². The number of nitrogens with zero attached hydrogens (tertiary/aromatic N) is 1. The lowest BCUT2D eigenvalue weighted by molar-refractivity contribution is -0.113. The Labute approximate surface area is 150 Å². The minimum atomic E-state index is -0.265. The van der Waals surface area contributed by atoms with Gasteiger partial charge in [0.05, 0.1) is 10.6 Å². The Morgan fingerprint density at radius 1 is 1.08 bits per heavy atom. The first-order valence-electron chi connectivity index (χ1n) is 7.64. The number of anilines is 1. The molecular weight excluding hydrogens is 342 g/mol. The highest BCUT2D eigenvalue weighted by molar-refractivity contribution is 8.19. The van der Waals surface area contributed by atoms with Gasteiger partial charge in [0.2, 0.25) is 0 Å². The largest absolute Gasteiger partial charge is 0.298 e. The van der Waals surface area contributed by atoms with Crippen LogP contribution in [0.15, 0.2) is 53.4 Å². The number of halogens is 1. The molecule has 3 nitrogen and oxygen atoms in total. The molecule has 0 aromatic heterocycles. The van der Waals surface area contributed by atoms with Gasteiger partial charge in [-0.3, -0.25) is 9.59 Å². The van der Waals surface area contributed by atoms with Crippen LogP contribution >= 0.6 is 23.4 Å². The maximum atomic E-state index is 12.9. The van der Waals surface area contributed by atoms with Gasteiger partial charge in [-0.1, -0.05) is 48.9 Å². The van der Waals surface area contributed by atoms with Crippen LogP contribution in [0.2, 0.25) is 5.02 Å². The second-order valence-electron chi connectivity index (χ2n) is 5.45. The number of para-hydroxylation sites is 1. The Kier molecular flexibility index (Phi) is 4.78. The van der Waals surface area contributed by atoms with E-state index in [0.717, 1.165) is 34.9 Å². The molecule has 1 fully saturated rings. The number of rotatable bonds is 3. The number of hydrogen-bond donors (Lipinski definition) is 0. The van der Waals surface area contributed by atoms with Gasteiger partial charge in [-0.15, -0.1) is 0 Å². The molecule has 1 saturated heterocycles. The summed E-state index contributed by atoms with van der Waals surface area (Å²) in [5.41, 5.74) is 3.31. The van der Waals surface area contributed by atoms with Gasteiger partial charge in [0.25, 0.3) is 11.1 Å². The molecule has 24 heavy (non-hydrogen) atoms. The molecule has 122 valence electrons. The van der Waals surface area contributed by atoms with Crippen molar-refractivity contribution in [3.8, 4) is 0 Å². The zero-order chi connectivity index (χ0) is 17.3. The van der Waals surface area contributed by atoms with E-state index in [2.05, 4.69) is 0 Å². The second-order valence-corrected chi connectivity index (χ2v) is 6.85.